The standard InChI is InChI=1S/C18H21N5OS/c1-14-19-17(24-21-14)12-23-9-7-22(8-10-23)11-16-13-25-18(20-16)15-5-3-2-4-6-15/h2-6,13H,7-12H2,1H3. The summed E-state index contributed by atoms with van der Waals surface area (Å²) < 4.78 is 5.21. The first-order valence-electron chi connectivity index (χ1n) is 8.50. The lowest BCUT2D eigenvalue weighted by molar-refractivity contribution is 0.111. The van der Waals surface area contributed by atoms with Crippen molar-refractivity contribution >= 4 is 11.3 Å². The maximum Gasteiger partial charge on any atom is 0.240 e. The molecule has 0 atom stereocenters. The SMILES string of the molecule is Cc1noc(CN2CCN(Cc3csc(-c4ccccc4)n3)CC2)n1. The lowest BCUT2D eigenvalue weighted by Crippen LogP contribution is -2.45. The van der Waals surface area contributed by atoms with E-state index in [4.69, 9.17) is 9.51 Å². The van der Waals surface area contributed by atoms with Gasteiger partial charge in [0.25, 0.3) is 0 Å². The number of benzene rings is 1. The molecule has 0 saturated carbocycles. The second-order valence-electron chi connectivity index (χ2n) is 6.30. The molecule has 6 nitrogen and oxygen atoms in total. The minimum absolute atomic E-state index is 0.700. The van der Waals surface area contributed by atoms with Gasteiger partial charge in [-0.25, -0.2) is 4.98 Å². The summed E-state index contributed by atoms with van der Waals surface area (Å²) in [5.41, 5.74) is 2.35. The number of rotatable bonds is 5. The van der Waals surface area contributed by atoms with Gasteiger partial charge in [0.2, 0.25) is 5.89 Å². The third kappa shape index (κ3) is 4.12. The van der Waals surface area contributed by atoms with E-state index in [0.29, 0.717) is 11.7 Å². The second-order valence-corrected chi connectivity index (χ2v) is 7.16. The van der Waals surface area contributed by atoms with Crippen molar-refractivity contribution in [1.29, 1.82) is 0 Å². The van der Waals surface area contributed by atoms with Crippen molar-refractivity contribution in [3.05, 3.63) is 53.1 Å². The summed E-state index contributed by atoms with van der Waals surface area (Å²) >= 11 is 1.72. The average molecular weight is 355 g/mol. The normalized spacial score (nSPS) is 16.4. The molecule has 4 rings (SSSR count). The summed E-state index contributed by atoms with van der Waals surface area (Å²) in [6.07, 6.45) is 0. The Labute approximate surface area is 151 Å². The average Bonchev–Trinajstić information content (AvgIpc) is 3.27. The van der Waals surface area contributed by atoms with E-state index in [-0.39, 0.29) is 0 Å². The number of piperazine rings is 1. The molecule has 1 aliphatic rings. The molecule has 3 aromatic rings. The van der Waals surface area contributed by atoms with E-state index in [1.54, 1.807) is 11.3 Å². The number of aromatic nitrogens is 3. The summed E-state index contributed by atoms with van der Waals surface area (Å²) in [6.45, 7) is 7.59. The van der Waals surface area contributed by atoms with Crippen molar-refractivity contribution in [1.82, 2.24) is 24.9 Å². The summed E-state index contributed by atoms with van der Waals surface area (Å²) in [6, 6.07) is 10.4. The summed E-state index contributed by atoms with van der Waals surface area (Å²) in [4.78, 5) is 13.9. The number of hydrogen-bond donors (Lipinski definition) is 0. The molecule has 0 radical (unpaired) electrons. The van der Waals surface area contributed by atoms with Gasteiger partial charge in [-0.2, -0.15) is 4.98 Å². The van der Waals surface area contributed by atoms with Crippen LogP contribution < -0.4 is 0 Å². The van der Waals surface area contributed by atoms with E-state index in [1.165, 1.54) is 5.56 Å². The van der Waals surface area contributed by atoms with Crippen LogP contribution in [-0.4, -0.2) is 51.1 Å². The topological polar surface area (TPSA) is 58.3 Å². The Kier molecular flexibility index (Phi) is 4.87. The molecule has 0 bridgehead atoms. The molecule has 0 unspecified atom stereocenters. The predicted octanol–water partition coefficient (Wildman–Crippen LogP) is 2.82. The minimum Gasteiger partial charge on any atom is -0.338 e. The maximum absolute atomic E-state index is 5.21. The van der Waals surface area contributed by atoms with Crippen molar-refractivity contribution in [2.75, 3.05) is 26.2 Å². The highest BCUT2D eigenvalue weighted by Gasteiger charge is 2.19. The third-order valence-electron chi connectivity index (χ3n) is 4.35. The first kappa shape index (κ1) is 16.4. The van der Waals surface area contributed by atoms with Gasteiger partial charge in [0.05, 0.1) is 12.2 Å². The van der Waals surface area contributed by atoms with E-state index < -0.39 is 0 Å². The second kappa shape index (κ2) is 7.43. The van der Waals surface area contributed by atoms with Crippen LogP contribution in [-0.2, 0) is 13.1 Å². The first-order valence-corrected chi connectivity index (χ1v) is 9.38. The van der Waals surface area contributed by atoms with Gasteiger partial charge in [-0.15, -0.1) is 11.3 Å². The smallest absolute Gasteiger partial charge is 0.240 e. The quantitative estimate of drug-likeness (QED) is 0.701. The maximum atomic E-state index is 5.21. The highest BCUT2D eigenvalue weighted by atomic mass is 32.1. The first-order chi connectivity index (χ1) is 12.3. The number of hydrogen-bond acceptors (Lipinski definition) is 7. The van der Waals surface area contributed by atoms with Crippen LogP contribution in [0.5, 0.6) is 0 Å². The van der Waals surface area contributed by atoms with Gasteiger partial charge in [-0.05, 0) is 6.92 Å². The van der Waals surface area contributed by atoms with Gasteiger partial charge >= 0.3 is 0 Å². The molecule has 3 heterocycles. The van der Waals surface area contributed by atoms with Gasteiger partial charge in [-0.1, -0.05) is 35.5 Å². The molecular formula is C18H21N5OS. The molecule has 2 aromatic heterocycles. The summed E-state index contributed by atoms with van der Waals surface area (Å²) in [5.74, 6) is 1.41. The molecule has 0 spiro atoms. The molecule has 7 heteroatoms. The van der Waals surface area contributed by atoms with E-state index in [9.17, 15) is 0 Å². The van der Waals surface area contributed by atoms with Crippen LogP contribution in [0.25, 0.3) is 10.6 Å². The zero-order valence-corrected chi connectivity index (χ0v) is 15.1. The summed E-state index contributed by atoms with van der Waals surface area (Å²) in [7, 11) is 0. The molecular weight excluding hydrogens is 334 g/mol. The van der Waals surface area contributed by atoms with Crippen LogP contribution in [0.4, 0.5) is 0 Å². The number of aryl methyl sites for hydroxylation is 1. The van der Waals surface area contributed by atoms with Crippen molar-refractivity contribution in [3.63, 3.8) is 0 Å². The molecule has 1 fully saturated rings. The lowest BCUT2D eigenvalue weighted by Gasteiger charge is -2.33. The van der Waals surface area contributed by atoms with E-state index >= 15 is 0 Å². The van der Waals surface area contributed by atoms with Gasteiger partial charge in [0.15, 0.2) is 5.82 Å². The Hall–Kier alpha value is -2.09. The molecule has 25 heavy (non-hydrogen) atoms. The monoisotopic (exact) mass is 355 g/mol. The fourth-order valence-corrected chi connectivity index (χ4v) is 3.84. The van der Waals surface area contributed by atoms with Crippen molar-refractivity contribution in [2.24, 2.45) is 0 Å². The zero-order valence-electron chi connectivity index (χ0n) is 14.3. The van der Waals surface area contributed by atoms with E-state index in [1.807, 2.05) is 13.0 Å². The van der Waals surface area contributed by atoms with Crippen molar-refractivity contribution in [2.45, 2.75) is 20.0 Å². The molecule has 130 valence electrons. The predicted molar refractivity (Wildman–Crippen MR) is 97.1 cm³/mol. The third-order valence-corrected chi connectivity index (χ3v) is 5.29. The van der Waals surface area contributed by atoms with Gasteiger partial charge < -0.3 is 4.52 Å². The van der Waals surface area contributed by atoms with Crippen LogP contribution in [0.2, 0.25) is 0 Å². The Morgan fingerprint density at radius 2 is 1.72 bits per heavy atom. The minimum atomic E-state index is 0.700. The molecule has 1 aliphatic heterocycles. The van der Waals surface area contributed by atoms with Crippen LogP contribution in [0.1, 0.15) is 17.4 Å². The highest BCUT2D eigenvalue weighted by molar-refractivity contribution is 7.13. The van der Waals surface area contributed by atoms with E-state index in [0.717, 1.165) is 50.0 Å². The fraction of sp³-hybridized carbons (Fsp3) is 0.389. The Morgan fingerprint density at radius 1 is 1.00 bits per heavy atom. The highest BCUT2D eigenvalue weighted by Crippen LogP contribution is 2.24. The van der Waals surface area contributed by atoms with Crippen molar-refractivity contribution in [3.8, 4) is 10.6 Å². The zero-order chi connectivity index (χ0) is 17.1. The Bertz CT molecular complexity index is 808. The van der Waals surface area contributed by atoms with Crippen LogP contribution in [0.15, 0.2) is 40.2 Å². The molecule has 1 saturated heterocycles. The Balaban J connectivity index is 1.29. The number of nitrogens with zero attached hydrogens (tertiary/aromatic N) is 5. The number of thiazole rings is 1. The van der Waals surface area contributed by atoms with Crippen LogP contribution in [0, 0.1) is 6.92 Å². The Morgan fingerprint density at radius 3 is 2.40 bits per heavy atom. The van der Waals surface area contributed by atoms with Gasteiger partial charge in [0.1, 0.15) is 5.01 Å². The van der Waals surface area contributed by atoms with Crippen LogP contribution in [0.3, 0.4) is 0 Å². The van der Waals surface area contributed by atoms with Crippen LogP contribution >= 0.6 is 11.3 Å². The summed E-state index contributed by atoms with van der Waals surface area (Å²) in [5, 5.41) is 7.12. The molecule has 0 aliphatic carbocycles. The molecule has 0 amide bonds. The van der Waals surface area contributed by atoms with Gasteiger partial charge in [0, 0.05) is 43.7 Å². The van der Waals surface area contributed by atoms with E-state index in [2.05, 4.69) is 49.6 Å². The fourth-order valence-electron chi connectivity index (χ4n) is 3.02. The molecule has 0 N–H and O–H groups in total. The lowest BCUT2D eigenvalue weighted by atomic mass is 10.2. The molecule has 1 aromatic carbocycles. The van der Waals surface area contributed by atoms with Gasteiger partial charge in [-0.3, -0.25) is 9.80 Å². The largest absolute Gasteiger partial charge is 0.338 e. The van der Waals surface area contributed by atoms with Crippen molar-refractivity contribution < 1.29 is 4.52 Å².